The lowest BCUT2D eigenvalue weighted by molar-refractivity contribution is -0.126. The van der Waals surface area contributed by atoms with E-state index in [1.54, 1.807) is 4.90 Å². The van der Waals surface area contributed by atoms with Crippen LogP contribution in [0.25, 0.3) is 0 Å². The maximum atomic E-state index is 12.7. The molecule has 4 rings (SSSR count). The van der Waals surface area contributed by atoms with Crippen molar-refractivity contribution in [3.63, 3.8) is 0 Å². The SMILES string of the molecule is O=C(NCc1ccccc1)C1CC(=O)N(c2ccccc2Oc2ccccc2)C1. The number of rotatable bonds is 6. The molecule has 1 heterocycles. The predicted octanol–water partition coefficient (Wildman–Crippen LogP) is 4.15. The van der Waals surface area contributed by atoms with Gasteiger partial charge in [0.15, 0.2) is 5.75 Å². The molecule has 1 aliphatic rings. The zero-order valence-electron chi connectivity index (χ0n) is 16.0. The molecule has 3 aromatic carbocycles. The van der Waals surface area contributed by atoms with Gasteiger partial charge in [0.05, 0.1) is 11.6 Å². The average molecular weight is 386 g/mol. The molecule has 3 aromatic rings. The number of nitrogens with zero attached hydrogens (tertiary/aromatic N) is 1. The van der Waals surface area contributed by atoms with Gasteiger partial charge in [-0.15, -0.1) is 0 Å². The van der Waals surface area contributed by atoms with Crippen molar-refractivity contribution >= 4 is 17.5 Å². The van der Waals surface area contributed by atoms with Gasteiger partial charge in [0.25, 0.3) is 0 Å². The van der Waals surface area contributed by atoms with Gasteiger partial charge in [-0.3, -0.25) is 9.59 Å². The highest BCUT2D eigenvalue weighted by Crippen LogP contribution is 2.35. The predicted molar refractivity (Wildman–Crippen MR) is 112 cm³/mol. The van der Waals surface area contributed by atoms with E-state index in [-0.39, 0.29) is 24.2 Å². The number of benzene rings is 3. The number of ether oxygens (including phenoxy) is 1. The summed E-state index contributed by atoms with van der Waals surface area (Å²) in [7, 11) is 0. The number of hydrogen-bond acceptors (Lipinski definition) is 3. The van der Waals surface area contributed by atoms with Crippen LogP contribution in [-0.2, 0) is 16.1 Å². The Morgan fingerprint density at radius 2 is 1.59 bits per heavy atom. The van der Waals surface area contributed by atoms with Crippen molar-refractivity contribution < 1.29 is 14.3 Å². The highest BCUT2D eigenvalue weighted by Gasteiger charge is 2.36. The minimum Gasteiger partial charge on any atom is -0.455 e. The van der Waals surface area contributed by atoms with Crippen LogP contribution in [0, 0.1) is 5.92 Å². The van der Waals surface area contributed by atoms with Crippen molar-refractivity contribution in [3.05, 3.63) is 90.5 Å². The first kappa shape index (κ1) is 18.7. The lowest BCUT2D eigenvalue weighted by Gasteiger charge is -2.20. The summed E-state index contributed by atoms with van der Waals surface area (Å²) < 4.78 is 5.98. The Morgan fingerprint density at radius 1 is 0.931 bits per heavy atom. The highest BCUT2D eigenvalue weighted by atomic mass is 16.5. The standard InChI is InChI=1S/C24H22N2O3/c27-23-15-19(24(28)25-16-18-9-3-1-4-10-18)17-26(23)21-13-7-8-14-22(21)29-20-11-5-2-6-12-20/h1-14,19H,15-17H2,(H,25,28). The minimum atomic E-state index is -0.379. The Labute approximate surface area is 169 Å². The van der Waals surface area contributed by atoms with Gasteiger partial charge in [0.1, 0.15) is 5.75 Å². The molecule has 0 radical (unpaired) electrons. The van der Waals surface area contributed by atoms with Crippen LogP contribution in [0.5, 0.6) is 11.5 Å². The summed E-state index contributed by atoms with van der Waals surface area (Å²) in [5, 5.41) is 2.94. The number of anilines is 1. The van der Waals surface area contributed by atoms with E-state index in [1.807, 2.05) is 84.9 Å². The molecule has 1 atom stereocenters. The largest absolute Gasteiger partial charge is 0.455 e. The summed E-state index contributed by atoms with van der Waals surface area (Å²) >= 11 is 0. The first-order valence-electron chi connectivity index (χ1n) is 9.64. The third kappa shape index (κ3) is 4.46. The molecule has 0 aromatic heterocycles. The fourth-order valence-corrected chi connectivity index (χ4v) is 3.43. The van der Waals surface area contributed by atoms with Gasteiger partial charge in [-0.2, -0.15) is 0 Å². The lowest BCUT2D eigenvalue weighted by Crippen LogP contribution is -2.32. The fraction of sp³-hybridized carbons (Fsp3) is 0.167. The Hall–Kier alpha value is -3.60. The topological polar surface area (TPSA) is 58.6 Å². The third-order valence-electron chi connectivity index (χ3n) is 4.93. The Morgan fingerprint density at radius 3 is 2.34 bits per heavy atom. The number of hydrogen-bond donors (Lipinski definition) is 1. The van der Waals surface area contributed by atoms with Gasteiger partial charge in [-0.05, 0) is 29.8 Å². The first-order chi connectivity index (χ1) is 14.2. The van der Waals surface area contributed by atoms with Crippen LogP contribution >= 0.6 is 0 Å². The maximum absolute atomic E-state index is 12.7. The molecule has 0 saturated carbocycles. The third-order valence-corrected chi connectivity index (χ3v) is 4.93. The summed E-state index contributed by atoms with van der Waals surface area (Å²) in [5.74, 6) is 0.734. The lowest BCUT2D eigenvalue weighted by atomic mass is 10.1. The fourth-order valence-electron chi connectivity index (χ4n) is 3.43. The summed E-state index contributed by atoms with van der Waals surface area (Å²) in [6.07, 6.45) is 0.195. The van der Waals surface area contributed by atoms with E-state index in [1.165, 1.54) is 0 Å². The van der Waals surface area contributed by atoms with Crippen LogP contribution in [0.3, 0.4) is 0 Å². The van der Waals surface area contributed by atoms with E-state index in [0.29, 0.717) is 30.3 Å². The van der Waals surface area contributed by atoms with E-state index in [9.17, 15) is 9.59 Å². The zero-order chi connectivity index (χ0) is 20.1. The second-order valence-electron chi connectivity index (χ2n) is 6.99. The van der Waals surface area contributed by atoms with Gasteiger partial charge >= 0.3 is 0 Å². The molecule has 5 nitrogen and oxygen atoms in total. The van der Waals surface area contributed by atoms with Crippen molar-refractivity contribution in [1.82, 2.24) is 5.32 Å². The molecule has 0 aliphatic carbocycles. The second-order valence-corrected chi connectivity index (χ2v) is 6.99. The molecule has 29 heavy (non-hydrogen) atoms. The van der Waals surface area contributed by atoms with Crippen LogP contribution in [0.4, 0.5) is 5.69 Å². The normalized spacial score (nSPS) is 15.9. The van der Waals surface area contributed by atoms with Crippen LogP contribution in [0.15, 0.2) is 84.9 Å². The maximum Gasteiger partial charge on any atom is 0.227 e. The smallest absolute Gasteiger partial charge is 0.227 e. The van der Waals surface area contributed by atoms with Gasteiger partial charge in [-0.1, -0.05) is 60.7 Å². The molecule has 1 saturated heterocycles. The van der Waals surface area contributed by atoms with E-state index in [4.69, 9.17) is 4.74 Å². The Kier molecular flexibility index (Phi) is 5.56. The van der Waals surface area contributed by atoms with E-state index in [2.05, 4.69) is 5.32 Å². The average Bonchev–Trinajstić information content (AvgIpc) is 3.15. The quantitative estimate of drug-likeness (QED) is 0.692. The molecule has 5 heteroatoms. The molecule has 1 N–H and O–H groups in total. The molecular formula is C24H22N2O3. The monoisotopic (exact) mass is 386 g/mol. The van der Waals surface area contributed by atoms with Crippen LogP contribution in [-0.4, -0.2) is 18.4 Å². The number of carbonyl (C=O) groups excluding carboxylic acids is 2. The number of nitrogens with one attached hydrogen (secondary N) is 1. The summed E-state index contributed by atoms with van der Waals surface area (Å²) in [5.41, 5.74) is 1.71. The Balaban J connectivity index is 1.45. The molecule has 1 fully saturated rings. The molecule has 0 bridgehead atoms. The van der Waals surface area contributed by atoms with Gasteiger partial charge in [0, 0.05) is 19.5 Å². The molecule has 2 amide bonds. The molecule has 0 spiro atoms. The van der Waals surface area contributed by atoms with Crippen molar-refractivity contribution in [2.24, 2.45) is 5.92 Å². The van der Waals surface area contributed by atoms with Crippen LogP contribution < -0.4 is 15.0 Å². The molecule has 1 aliphatic heterocycles. The Bertz CT molecular complexity index is 989. The minimum absolute atomic E-state index is 0.0750. The van der Waals surface area contributed by atoms with E-state index in [0.717, 1.165) is 5.56 Å². The van der Waals surface area contributed by atoms with Crippen LogP contribution in [0.2, 0.25) is 0 Å². The highest BCUT2D eigenvalue weighted by molar-refractivity contribution is 6.01. The summed E-state index contributed by atoms with van der Waals surface area (Å²) in [4.78, 5) is 26.9. The van der Waals surface area contributed by atoms with Gasteiger partial charge < -0.3 is 15.0 Å². The molecule has 1 unspecified atom stereocenters. The van der Waals surface area contributed by atoms with Crippen molar-refractivity contribution in [1.29, 1.82) is 0 Å². The number of carbonyl (C=O) groups is 2. The number of para-hydroxylation sites is 3. The van der Waals surface area contributed by atoms with Gasteiger partial charge in [-0.25, -0.2) is 0 Å². The zero-order valence-corrected chi connectivity index (χ0v) is 16.0. The number of amides is 2. The summed E-state index contributed by atoms with van der Waals surface area (Å²) in [6, 6.07) is 26.6. The van der Waals surface area contributed by atoms with Crippen molar-refractivity contribution in [2.45, 2.75) is 13.0 Å². The van der Waals surface area contributed by atoms with E-state index < -0.39 is 0 Å². The second kappa shape index (κ2) is 8.61. The van der Waals surface area contributed by atoms with Crippen molar-refractivity contribution in [2.75, 3.05) is 11.4 Å². The molecular weight excluding hydrogens is 364 g/mol. The molecule has 146 valence electrons. The van der Waals surface area contributed by atoms with Crippen LogP contribution in [0.1, 0.15) is 12.0 Å². The van der Waals surface area contributed by atoms with Crippen molar-refractivity contribution in [3.8, 4) is 11.5 Å². The van der Waals surface area contributed by atoms with Gasteiger partial charge in [0.2, 0.25) is 11.8 Å². The van der Waals surface area contributed by atoms with E-state index >= 15 is 0 Å². The first-order valence-corrected chi connectivity index (χ1v) is 9.64. The summed E-state index contributed by atoms with van der Waals surface area (Å²) in [6.45, 7) is 0.798.